The summed E-state index contributed by atoms with van der Waals surface area (Å²) < 4.78 is 0. The zero-order valence-corrected chi connectivity index (χ0v) is 29.3. The summed E-state index contributed by atoms with van der Waals surface area (Å²) in [5.74, 6) is 0.504. The minimum absolute atomic E-state index is 0.0883. The molecule has 0 aromatic heterocycles. The molecule has 1 heteroatoms. The van der Waals surface area contributed by atoms with E-state index < -0.39 is 5.41 Å². The van der Waals surface area contributed by atoms with Crippen molar-refractivity contribution in [3.8, 4) is 11.1 Å². The van der Waals surface area contributed by atoms with Crippen LogP contribution in [0, 0.1) is 11.8 Å². The summed E-state index contributed by atoms with van der Waals surface area (Å²) in [6, 6.07) is 47.8. The first-order valence-electron chi connectivity index (χ1n) is 18.5. The van der Waals surface area contributed by atoms with Crippen molar-refractivity contribution in [3.05, 3.63) is 226 Å². The molecule has 0 bridgehead atoms. The lowest BCUT2D eigenvalue weighted by atomic mass is 9.67. The van der Waals surface area contributed by atoms with Crippen LogP contribution in [0.4, 0.5) is 5.69 Å². The molecule has 246 valence electrons. The SMILES string of the molecule is CC1(C)C2=CC3C=CC=CC3C(N(C3=CCCC=C3)c3ccc4c(c3)C(c3ccccc3)(c3ccccc3)c3ccccc3-4)=C2c2ccccc21. The molecule has 0 spiro atoms. The van der Waals surface area contributed by atoms with Crippen molar-refractivity contribution in [2.24, 2.45) is 11.8 Å². The van der Waals surface area contributed by atoms with Gasteiger partial charge in [-0.05, 0) is 81.1 Å². The van der Waals surface area contributed by atoms with Gasteiger partial charge in [0, 0.05) is 39.9 Å². The molecule has 0 aliphatic heterocycles. The molecule has 0 fully saturated rings. The van der Waals surface area contributed by atoms with Gasteiger partial charge in [-0.3, -0.25) is 0 Å². The minimum Gasteiger partial charge on any atom is -0.313 e. The number of nitrogens with zero attached hydrogens (tertiary/aromatic N) is 1. The van der Waals surface area contributed by atoms with Crippen LogP contribution in [0.3, 0.4) is 0 Å². The summed E-state index contributed by atoms with van der Waals surface area (Å²) in [5, 5.41) is 0. The summed E-state index contributed by atoms with van der Waals surface area (Å²) in [5.41, 5.74) is 16.8. The highest BCUT2D eigenvalue weighted by molar-refractivity contribution is 5.96. The maximum Gasteiger partial charge on any atom is 0.0714 e. The van der Waals surface area contributed by atoms with Crippen LogP contribution in [0.25, 0.3) is 16.7 Å². The van der Waals surface area contributed by atoms with Gasteiger partial charge in [0.05, 0.1) is 5.41 Å². The van der Waals surface area contributed by atoms with Gasteiger partial charge in [-0.1, -0.05) is 172 Å². The zero-order valence-electron chi connectivity index (χ0n) is 29.3. The van der Waals surface area contributed by atoms with Gasteiger partial charge in [-0.2, -0.15) is 0 Å². The van der Waals surface area contributed by atoms with Gasteiger partial charge in [0.1, 0.15) is 0 Å². The van der Waals surface area contributed by atoms with Crippen molar-refractivity contribution in [2.75, 3.05) is 4.90 Å². The largest absolute Gasteiger partial charge is 0.313 e. The summed E-state index contributed by atoms with van der Waals surface area (Å²) in [4.78, 5) is 2.64. The predicted molar refractivity (Wildman–Crippen MR) is 212 cm³/mol. The van der Waals surface area contributed by atoms with E-state index in [-0.39, 0.29) is 11.3 Å². The van der Waals surface area contributed by atoms with E-state index in [1.165, 1.54) is 72.7 Å². The molecule has 0 amide bonds. The van der Waals surface area contributed by atoms with Crippen molar-refractivity contribution in [3.63, 3.8) is 0 Å². The topological polar surface area (TPSA) is 3.24 Å². The molecule has 0 saturated heterocycles. The minimum atomic E-state index is -0.458. The fraction of sp³-hybridized carbons (Fsp3) is 0.160. The van der Waals surface area contributed by atoms with E-state index in [1.807, 2.05) is 0 Å². The molecule has 0 saturated carbocycles. The normalized spacial score (nSPS) is 21.2. The first-order chi connectivity index (χ1) is 25.1. The molecular formula is C50H41N. The molecule has 51 heavy (non-hydrogen) atoms. The van der Waals surface area contributed by atoms with E-state index >= 15 is 0 Å². The van der Waals surface area contributed by atoms with Crippen LogP contribution in [-0.4, -0.2) is 0 Å². The van der Waals surface area contributed by atoms with Crippen molar-refractivity contribution < 1.29 is 0 Å². The first kappa shape index (κ1) is 30.2. The van der Waals surface area contributed by atoms with E-state index in [2.05, 4.69) is 195 Å². The Hall–Kier alpha value is -5.66. The van der Waals surface area contributed by atoms with Crippen LogP contribution in [-0.2, 0) is 10.8 Å². The Labute approximate surface area is 302 Å². The molecule has 0 radical (unpaired) electrons. The third-order valence-electron chi connectivity index (χ3n) is 12.1. The highest BCUT2D eigenvalue weighted by Crippen LogP contribution is 2.59. The first-order valence-corrected chi connectivity index (χ1v) is 18.5. The average molecular weight is 656 g/mol. The van der Waals surface area contributed by atoms with Crippen molar-refractivity contribution >= 4 is 11.3 Å². The Morgan fingerprint density at radius 3 is 1.98 bits per heavy atom. The Bertz CT molecular complexity index is 2350. The Morgan fingerprint density at radius 1 is 0.608 bits per heavy atom. The maximum atomic E-state index is 2.64. The van der Waals surface area contributed by atoms with Crippen LogP contribution in [0.15, 0.2) is 193 Å². The van der Waals surface area contributed by atoms with Crippen molar-refractivity contribution in [1.29, 1.82) is 0 Å². The van der Waals surface area contributed by atoms with Crippen LogP contribution in [0.1, 0.15) is 60.1 Å². The van der Waals surface area contributed by atoms with E-state index in [0.717, 1.165) is 12.8 Å². The fourth-order valence-corrected chi connectivity index (χ4v) is 9.86. The van der Waals surface area contributed by atoms with Crippen LogP contribution >= 0.6 is 0 Å². The lowest BCUT2D eigenvalue weighted by Crippen LogP contribution is -2.34. The summed E-state index contributed by atoms with van der Waals surface area (Å²) in [7, 11) is 0. The zero-order chi connectivity index (χ0) is 34.2. The summed E-state index contributed by atoms with van der Waals surface area (Å²) in [6.07, 6.45) is 21.2. The second-order valence-corrected chi connectivity index (χ2v) is 15.1. The molecule has 10 rings (SSSR count). The van der Waals surface area contributed by atoms with Gasteiger partial charge in [0.15, 0.2) is 0 Å². The highest BCUT2D eigenvalue weighted by atomic mass is 15.2. The Morgan fingerprint density at radius 2 is 1.25 bits per heavy atom. The summed E-state index contributed by atoms with van der Waals surface area (Å²) in [6.45, 7) is 4.83. The van der Waals surface area contributed by atoms with Crippen molar-refractivity contribution in [2.45, 2.75) is 37.5 Å². The van der Waals surface area contributed by atoms with E-state index in [9.17, 15) is 0 Å². The number of benzene rings is 5. The summed E-state index contributed by atoms with van der Waals surface area (Å²) >= 11 is 0. The van der Waals surface area contributed by atoms with Gasteiger partial charge in [-0.25, -0.2) is 0 Å². The smallest absolute Gasteiger partial charge is 0.0714 e. The van der Waals surface area contributed by atoms with Crippen molar-refractivity contribution in [1.82, 2.24) is 0 Å². The fourth-order valence-electron chi connectivity index (χ4n) is 9.86. The van der Waals surface area contributed by atoms with E-state index in [4.69, 9.17) is 0 Å². The molecule has 2 unspecified atom stereocenters. The Balaban J connectivity index is 1.29. The third-order valence-corrected chi connectivity index (χ3v) is 12.1. The monoisotopic (exact) mass is 655 g/mol. The predicted octanol–water partition coefficient (Wildman–Crippen LogP) is 12.1. The molecule has 5 aliphatic rings. The van der Waals surface area contributed by atoms with Crippen LogP contribution in [0.5, 0.6) is 0 Å². The molecule has 0 N–H and O–H groups in total. The van der Waals surface area contributed by atoms with Crippen LogP contribution in [0.2, 0.25) is 0 Å². The molecule has 5 aromatic rings. The van der Waals surface area contributed by atoms with E-state index in [0.29, 0.717) is 5.92 Å². The van der Waals surface area contributed by atoms with Gasteiger partial charge < -0.3 is 4.90 Å². The number of allylic oxidation sites excluding steroid dienone is 10. The number of hydrogen-bond acceptors (Lipinski definition) is 1. The molecule has 1 nitrogen and oxygen atoms in total. The average Bonchev–Trinajstić information content (AvgIpc) is 3.61. The molecule has 2 atom stereocenters. The van der Waals surface area contributed by atoms with Gasteiger partial charge in [0.2, 0.25) is 0 Å². The molecule has 5 aliphatic carbocycles. The van der Waals surface area contributed by atoms with Gasteiger partial charge >= 0.3 is 0 Å². The van der Waals surface area contributed by atoms with Crippen LogP contribution < -0.4 is 4.90 Å². The second kappa shape index (κ2) is 11.4. The second-order valence-electron chi connectivity index (χ2n) is 15.1. The van der Waals surface area contributed by atoms with Gasteiger partial charge in [0.25, 0.3) is 0 Å². The number of hydrogen-bond donors (Lipinski definition) is 0. The lowest BCUT2D eigenvalue weighted by molar-refractivity contribution is 0.581. The highest BCUT2D eigenvalue weighted by Gasteiger charge is 2.48. The molecule has 5 aromatic carbocycles. The number of anilines is 1. The Kier molecular flexibility index (Phi) is 6.77. The number of rotatable bonds is 5. The quantitative estimate of drug-likeness (QED) is 0.179. The maximum absolute atomic E-state index is 2.64. The molecular weight excluding hydrogens is 615 g/mol. The van der Waals surface area contributed by atoms with Gasteiger partial charge in [-0.15, -0.1) is 0 Å². The number of fused-ring (bicyclic) bond motifs is 7. The lowest BCUT2D eigenvalue weighted by Gasteiger charge is -2.41. The standard InChI is InChI=1S/C50H41N/c1-49(2)43-28-16-15-27-42(43)47-46(49)32-34-18-12-13-25-39(34)48(47)51(37-23-10-5-11-24-37)38-30-31-41-40-26-14-17-29-44(40)50(45(41)33-38,35-19-6-3-7-20-35)36-21-8-4-9-22-36/h3-4,6-10,12-34,39H,5,11H2,1-2H3. The third kappa shape index (κ3) is 4.28. The van der Waals surface area contributed by atoms with E-state index in [1.54, 1.807) is 0 Å². The molecule has 0 heterocycles.